The summed E-state index contributed by atoms with van der Waals surface area (Å²) in [6, 6.07) is 0. The second kappa shape index (κ2) is 18.1. The van der Waals surface area contributed by atoms with E-state index in [0.29, 0.717) is 18.3 Å². The molecule has 4 rings (SSSR count). The van der Waals surface area contributed by atoms with Gasteiger partial charge in [-0.15, -0.1) is 0 Å². The zero-order valence-corrected chi connectivity index (χ0v) is 36.1. The normalized spacial score (nSPS) is 36.8. The van der Waals surface area contributed by atoms with Crippen LogP contribution in [0.3, 0.4) is 0 Å². The number of fused-ring (bicyclic) bond motifs is 5. The van der Waals surface area contributed by atoms with Crippen molar-refractivity contribution in [3.8, 4) is 0 Å². The molecule has 0 radical (unpaired) electrons. The van der Waals surface area contributed by atoms with Crippen molar-refractivity contribution >= 4 is 5.97 Å². The molecule has 0 spiro atoms. The van der Waals surface area contributed by atoms with Crippen LogP contribution in [0.2, 0.25) is 0 Å². The molecule has 10 atom stereocenters. The van der Waals surface area contributed by atoms with Gasteiger partial charge in [-0.1, -0.05) is 119 Å². The minimum Gasteiger partial charge on any atom is -0.462 e. The highest BCUT2D eigenvalue weighted by Gasteiger charge is 2.71. The van der Waals surface area contributed by atoms with Gasteiger partial charge in [0.1, 0.15) is 6.10 Å². The number of aliphatic hydroxyl groups is 2. The fourth-order valence-corrected chi connectivity index (χ4v) is 13.3. The lowest BCUT2D eigenvalue weighted by Gasteiger charge is -2.70. The van der Waals surface area contributed by atoms with Gasteiger partial charge in [-0.3, -0.25) is 4.79 Å². The molecule has 304 valence electrons. The number of unbranched alkanes of at least 4 members (excludes halogenated alkanes) is 12. The number of methoxy groups -OCH3 is 1. The van der Waals surface area contributed by atoms with E-state index >= 15 is 0 Å². The van der Waals surface area contributed by atoms with E-state index < -0.39 is 11.7 Å². The first-order valence-electron chi connectivity index (χ1n) is 22.5. The van der Waals surface area contributed by atoms with Crippen LogP contribution >= 0.6 is 0 Å². The summed E-state index contributed by atoms with van der Waals surface area (Å²) >= 11 is 0. The minimum atomic E-state index is -0.797. The number of carbonyl (C=O) groups excluding carboxylic acids is 1. The first-order chi connectivity index (χ1) is 24.4. The van der Waals surface area contributed by atoms with E-state index in [1.807, 2.05) is 6.92 Å². The van der Waals surface area contributed by atoms with E-state index in [9.17, 15) is 15.0 Å². The van der Waals surface area contributed by atoms with E-state index in [0.717, 1.165) is 77.0 Å². The highest BCUT2D eigenvalue weighted by Crippen LogP contribution is 2.76. The summed E-state index contributed by atoms with van der Waals surface area (Å²) in [6.07, 6.45) is 26.9. The summed E-state index contributed by atoms with van der Waals surface area (Å²) in [5.74, 6) is 1.11. The second-order valence-corrected chi connectivity index (χ2v) is 21.0. The lowest BCUT2D eigenvalue weighted by molar-refractivity contribution is -0.249. The molecular formula is C47H86O5. The molecule has 4 aliphatic carbocycles. The maximum absolute atomic E-state index is 13.2. The number of esters is 1. The van der Waals surface area contributed by atoms with Gasteiger partial charge in [0, 0.05) is 18.9 Å². The number of carbonyl (C=O) groups is 1. The number of hydrogen-bond acceptors (Lipinski definition) is 5. The predicted molar refractivity (Wildman–Crippen MR) is 216 cm³/mol. The second-order valence-electron chi connectivity index (χ2n) is 21.0. The summed E-state index contributed by atoms with van der Waals surface area (Å²) in [4.78, 5) is 13.2. The zero-order valence-electron chi connectivity index (χ0n) is 36.1. The van der Waals surface area contributed by atoms with Gasteiger partial charge < -0.3 is 19.7 Å². The Labute approximate surface area is 321 Å². The van der Waals surface area contributed by atoms with Gasteiger partial charge in [-0.25, -0.2) is 0 Å². The number of aliphatic hydroxyl groups excluding tert-OH is 1. The average Bonchev–Trinajstić information content (AvgIpc) is 3.46. The standard InChI is InChI=1S/C47H86O5/c1-11-12-13-14-15-16-17-18-19-20-21-22-23-25-40(49)52-39-28-31-44(6)37(43(39,4)5)27-33-45(7)38(44)34-36(48)41-35(26-32-46(41,45)8)47(9,50)30-24-29-42(2,3)51-10/h35-39,41,48,50H,11-34H2,1-10H3/t35-,36+,37-,38+,39-,41-,44-,45+,46+,47+/m0/s1. The third-order valence-corrected chi connectivity index (χ3v) is 16.9. The van der Waals surface area contributed by atoms with Crippen LogP contribution in [0.15, 0.2) is 0 Å². The molecule has 4 saturated carbocycles. The molecule has 0 unspecified atom stereocenters. The summed E-state index contributed by atoms with van der Waals surface area (Å²) in [6.45, 7) is 20.9. The van der Waals surface area contributed by atoms with E-state index in [4.69, 9.17) is 9.47 Å². The Hall–Kier alpha value is -0.650. The number of rotatable bonds is 21. The molecule has 0 aliphatic heterocycles. The topological polar surface area (TPSA) is 76.0 Å². The Kier molecular flexibility index (Phi) is 15.3. The van der Waals surface area contributed by atoms with Crippen LogP contribution in [0.4, 0.5) is 0 Å². The Morgan fingerprint density at radius 2 is 1.27 bits per heavy atom. The average molecular weight is 731 g/mol. The fourth-order valence-electron chi connectivity index (χ4n) is 13.3. The van der Waals surface area contributed by atoms with Crippen molar-refractivity contribution in [3.05, 3.63) is 0 Å². The summed E-state index contributed by atoms with van der Waals surface area (Å²) in [5, 5.41) is 24.2. The van der Waals surface area contributed by atoms with Gasteiger partial charge in [0.05, 0.1) is 17.3 Å². The highest BCUT2D eigenvalue weighted by molar-refractivity contribution is 5.69. The van der Waals surface area contributed by atoms with Crippen LogP contribution in [0, 0.1) is 45.3 Å². The molecule has 0 heterocycles. The molecule has 0 saturated heterocycles. The van der Waals surface area contributed by atoms with Crippen molar-refractivity contribution in [1.82, 2.24) is 0 Å². The Morgan fingerprint density at radius 3 is 1.85 bits per heavy atom. The van der Waals surface area contributed by atoms with Gasteiger partial charge in [-0.2, -0.15) is 0 Å². The molecular weight excluding hydrogens is 645 g/mol. The van der Waals surface area contributed by atoms with E-state index in [-0.39, 0.29) is 51.2 Å². The van der Waals surface area contributed by atoms with E-state index in [2.05, 4.69) is 55.4 Å². The van der Waals surface area contributed by atoms with Gasteiger partial charge in [0.25, 0.3) is 0 Å². The molecule has 0 aromatic heterocycles. The van der Waals surface area contributed by atoms with Crippen LogP contribution in [0.5, 0.6) is 0 Å². The van der Waals surface area contributed by atoms with Crippen LogP contribution in [-0.4, -0.2) is 46.7 Å². The Bertz CT molecular complexity index is 1110. The molecule has 52 heavy (non-hydrogen) atoms. The van der Waals surface area contributed by atoms with Gasteiger partial charge in [0.2, 0.25) is 0 Å². The smallest absolute Gasteiger partial charge is 0.306 e. The van der Waals surface area contributed by atoms with Gasteiger partial charge in [-0.05, 0) is 131 Å². The summed E-state index contributed by atoms with van der Waals surface area (Å²) in [7, 11) is 1.77. The Morgan fingerprint density at radius 1 is 0.712 bits per heavy atom. The van der Waals surface area contributed by atoms with Crippen molar-refractivity contribution in [2.45, 2.75) is 240 Å². The van der Waals surface area contributed by atoms with Gasteiger partial charge in [0.15, 0.2) is 0 Å². The molecule has 4 aliphatic rings. The minimum absolute atomic E-state index is 0.00340. The molecule has 0 aromatic rings. The quantitative estimate of drug-likeness (QED) is 0.0908. The fraction of sp³-hybridized carbons (Fsp3) is 0.979. The van der Waals surface area contributed by atoms with Crippen LogP contribution in [-0.2, 0) is 14.3 Å². The van der Waals surface area contributed by atoms with E-state index in [1.165, 1.54) is 70.6 Å². The largest absolute Gasteiger partial charge is 0.462 e. The number of ether oxygens (including phenoxy) is 2. The first kappa shape index (κ1) is 44.1. The first-order valence-corrected chi connectivity index (χ1v) is 22.5. The molecule has 0 aromatic carbocycles. The van der Waals surface area contributed by atoms with E-state index in [1.54, 1.807) is 7.11 Å². The third kappa shape index (κ3) is 9.47. The highest BCUT2D eigenvalue weighted by atomic mass is 16.5. The summed E-state index contributed by atoms with van der Waals surface area (Å²) < 4.78 is 12.0. The monoisotopic (exact) mass is 731 g/mol. The lowest BCUT2D eigenvalue weighted by atomic mass is 9.35. The molecule has 5 nitrogen and oxygen atoms in total. The molecule has 2 N–H and O–H groups in total. The zero-order chi connectivity index (χ0) is 38.4. The van der Waals surface area contributed by atoms with Crippen LogP contribution < -0.4 is 0 Å². The van der Waals surface area contributed by atoms with Gasteiger partial charge >= 0.3 is 5.97 Å². The predicted octanol–water partition coefficient (Wildman–Crippen LogP) is 12.4. The molecule has 0 amide bonds. The van der Waals surface area contributed by atoms with Crippen molar-refractivity contribution < 1.29 is 24.5 Å². The lowest BCUT2D eigenvalue weighted by Crippen LogP contribution is -2.66. The SMILES string of the molecule is CCCCCCCCCCCCCCCC(=O)O[C@H]1CC[C@]2(C)[C@H]3C[C@@H](O)[C@@H]4[C@@H]([C@](C)(O)CCCC(C)(C)OC)CC[C@@]4(C)[C@]3(C)CC[C@H]2C1(C)C. The van der Waals surface area contributed by atoms with Crippen molar-refractivity contribution in [2.75, 3.05) is 7.11 Å². The Balaban J connectivity index is 1.28. The summed E-state index contributed by atoms with van der Waals surface area (Å²) in [5.41, 5.74) is -0.884. The van der Waals surface area contributed by atoms with Crippen molar-refractivity contribution in [2.24, 2.45) is 45.3 Å². The van der Waals surface area contributed by atoms with Crippen LogP contribution in [0.1, 0.15) is 216 Å². The van der Waals surface area contributed by atoms with Crippen molar-refractivity contribution in [3.63, 3.8) is 0 Å². The third-order valence-electron chi connectivity index (χ3n) is 16.9. The molecule has 4 fully saturated rings. The van der Waals surface area contributed by atoms with Crippen molar-refractivity contribution in [1.29, 1.82) is 0 Å². The maximum atomic E-state index is 13.2. The molecule has 5 heteroatoms. The maximum Gasteiger partial charge on any atom is 0.306 e. The van der Waals surface area contributed by atoms with Crippen LogP contribution in [0.25, 0.3) is 0 Å². The number of hydrogen-bond donors (Lipinski definition) is 2. The molecule has 0 bridgehead atoms.